The van der Waals surface area contributed by atoms with Crippen molar-refractivity contribution in [2.45, 2.75) is 25.9 Å². The van der Waals surface area contributed by atoms with Gasteiger partial charge in [-0.15, -0.1) is 0 Å². The van der Waals surface area contributed by atoms with Gasteiger partial charge in [-0.3, -0.25) is 4.79 Å². The van der Waals surface area contributed by atoms with Crippen molar-refractivity contribution >= 4 is 11.9 Å². The molecule has 7 heteroatoms. The highest BCUT2D eigenvalue weighted by Crippen LogP contribution is 2.30. The molecule has 0 aromatic heterocycles. The highest BCUT2D eigenvalue weighted by atomic mass is 16.6. The van der Waals surface area contributed by atoms with Gasteiger partial charge in [0, 0.05) is 19.6 Å². The first-order chi connectivity index (χ1) is 12.3. The molecule has 1 unspecified atom stereocenters. The molecule has 0 radical (unpaired) electrons. The van der Waals surface area contributed by atoms with Crippen LogP contribution in [0.3, 0.4) is 0 Å². The molecule has 25 heavy (non-hydrogen) atoms. The number of fused-ring (bicyclic) bond motifs is 1. The Balaban J connectivity index is 1.50. The van der Waals surface area contributed by atoms with Crippen molar-refractivity contribution in [1.29, 1.82) is 0 Å². The molecule has 2 heterocycles. The van der Waals surface area contributed by atoms with E-state index >= 15 is 0 Å². The predicted molar refractivity (Wildman–Crippen MR) is 96.1 cm³/mol. The van der Waals surface area contributed by atoms with Gasteiger partial charge in [0.1, 0.15) is 19.3 Å². The van der Waals surface area contributed by atoms with E-state index in [4.69, 9.17) is 9.47 Å². The van der Waals surface area contributed by atoms with Gasteiger partial charge in [0.15, 0.2) is 17.5 Å². The number of hydrogen-bond donors (Lipinski definition) is 2. The average Bonchev–Trinajstić information content (AvgIpc) is 3.18. The van der Waals surface area contributed by atoms with Gasteiger partial charge in [0.05, 0.1) is 6.54 Å². The minimum atomic E-state index is -0.104. The highest BCUT2D eigenvalue weighted by Gasteiger charge is 2.21. The first kappa shape index (κ1) is 17.4. The molecular weight excluding hydrogens is 320 g/mol. The molecule has 2 aliphatic heterocycles. The first-order valence-electron chi connectivity index (χ1n) is 8.94. The number of ether oxygens (including phenoxy) is 2. The molecule has 1 amide bonds. The Morgan fingerprint density at radius 2 is 2.00 bits per heavy atom. The number of likely N-dealkylation sites (tertiary alicyclic amines) is 1. The third-order valence-electron chi connectivity index (χ3n) is 4.24. The lowest BCUT2D eigenvalue weighted by Crippen LogP contribution is -2.45. The number of benzene rings is 1. The normalized spacial score (nSPS) is 19.6. The number of rotatable bonds is 5. The number of nitrogens with one attached hydrogen (secondary N) is 2. The number of carbonyl (C=O) groups excluding carboxylic acids is 1. The van der Waals surface area contributed by atoms with Crippen LogP contribution in [0, 0.1) is 0 Å². The van der Waals surface area contributed by atoms with Crippen LogP contribution in [0.15, 0.2) is 29.3 Å². The fourth-order valence-electron chi connectivity index (χ4n) is 2.93. The van der Waals surface area contributed by atoms with Crippen LogP contribution in [0.1, 0.15) is 19.8 Å². The zero-order valence-corrected chi connectivity index (χ0v) is 14.7. The molecule has 0 bridgehead atoms. The van der Waals surface area contributed by atoms with E-state index in [1.54, 1.807) is 0 Å². The van der Waals surface area contributed by atoms with Gasteiger partial charge < -0.3 is 25.0 Å². The predicted octanol–water partition coefficient (Wildman–Crippen LogP) is 1.00. The zero-order valence-electron chi connectivity index (χ0n) is 14.7. The van der Waals surface area contributed by atoms with E-state index in [2.05, 4.69) is 15.6 Å². The summed E-state index contributed by atoms with van der Waals surface area (Å²) in [5.74, 6) is 2.24. The van der Waals surface area contributed by atoms with Crippen molar-refractivity contribution in [1.82, 2.24) is 15.5 Å². The monoisotopic (exact) mass is 346 g/mol. The van der Waals surface area contributed by atoms with Crippen molar-refractivity contribution in [2.75, 3.05) is 39.3 Å². The second-order valence-corrected chi connectivity index (χ2v) is 6.16. The van der Waals surface area contributed by atoms with Crippen molar-refractivity contribution in [3.05, 3.63) is 24.3 Å². The largest absolute Gasteiger partial charge is 0.486 e. The van der Waals surface area contributed by atoms with Gasteiger partial charge in [-0.05, 0) is 31.9 Å². The van der Waals surface area contributed by atoms with Crippen LogP contribution in [0.25, 0.3) is 0 Å². The van der Waals surface area contributed by atoms with Crippen LogP contribution in [-0.2, 0) is 4.79 Å². The molecule has 0 saturated carbocycles. The van der Waals surface area contributed by atoms with Gasteiger partial charge in [0.25, 0.3) is 0 Å². The smallest absolute Gasteiger partial charge is 0.244 e. The standard InChI is InChI=1S/C18H26N4O3/c1-2-19-18(21-12-17(23)22-9-5-6-10-22)20-11-14-13-24-15-7-3-4-8-16(15)25-14/h3-4,7-8,14H,2,5-6,9-13H2,1H3,(H2,19,20,21). The summed E-state index contributed by atoms with van der Waals surface area (Å²) in [4.78, 5) is 18.4. The van der Waals surface area contributed by atoms with Crippen LogP contribution in [0.2, 0.25) is 0 Å². The highest BCUT2D eigenvalue weighted by molar-refractivity contribution is 5.85. The lowest BCUT2D eigenvalue weighted by atomic mass is 10.2. The summed E-state index contributed by atoms with van der Waals surface area (Å²) in [6.07, 6.45) is 2.08. The second kappa shape index (κ2) is 8.60. The third-order valence-corrected chi connectivity index (χ3v) is 4.24. The third kappa shape index (κ3) is 4.78. The summed E-state index contributed by atoms with van der Waals surface area (Å²) in [5, 5.41) is 6.39. The number of carbonyl (C=O) groups is 1. The Labute approximate surface area is 148 Å². The summed E-state index contributed by atoms with van der Waals surface area (Å²) in [7, 11) is 0. The van der Waals surface area contributed by atoms with E-state index < -0.39 is 0 Å². The molecule has 2 N–H and O–H groups in total. The average molecular weight is 346 g/mol. The Hall–Kier alpha value is -2.44. The van der Waals surface area contributed by atoms with Crippen molar-refractivity contribution < 1.29 is 14.3 Å². The topological polar surface area (TPSA) is 75.2 Å². The van der Waals surface area contributed by atoms with Gasteiger partial charge in [-0.1, -0.05) is 12.1 Å². The molecule has 0 aliphatic carbocycles. The maximum Gasteiger partial charge on any atom is 0.244 e. The molecule has 1 fully saturated rings. The van der Waals surface area contributed by atoms with Crippen molar-refractivity contribution in [3.63, 3.8) is 0 Å². The molecule has 3 rings (SSSR count). The number of para-hydroxylation sites is 2. The molecular formula is C18H26N4O3. The quantitative estimate of drug-likeness (QED) is 0.615. The number of amides is 1. The van der Waals surface area contributed by atoms with Crippen LogP contribution in [-0.4, -0.2) is 62.2 Å². The number of hydrogen-bond acceptors (Lipinski definition) is 4. The zero-order chi connectivity index (χ0) is 17.5. The van der Waals surface area contributed by atoms with Crippen LogP contribution in [0.4, 0.5) is 0 Å². The second-order valence-electron chi connectivity index (χ2n) is 6.16. The Bertz CT molecular complexity index is 614. The minimum absolute atomic E-state index is 0.0841. The number of aliphatic imine (C=N–C) groups is 1. The van der Waals surface area contributed by atoms with Crippen molar-refractivity contribution in [2.24, 2.45) is 4.99 Å². The SMILES string of the molecule is CCNC(=NCC(=O)N1CCCC1)NCC1COc2ccccc2O1. The van der Waals surface area contributed by atoms with Crippen molar-refractivity contribution in [3.8, 4) is 11.5 Å². The maximum atomic E-state index is 12.1. The van der Waals surface area contributed by atoms with E-state index in [1.165, 1.54) is 0 Å². The van der Waals surface area contributed by atoms with Crippen LogP contribution in [0.5, 0.6) is 11.5 Å². The van der Waals surface area contributed by atoms with E-state index in [0.29, 0.717) is 19.1 Å². The van der Waals surface area contributed by atoms with E-state index in [1.807, 2.05) is 36.1 Å². The fraction of sp³-hybridized carbons (Fsp3) is 0.556. The van der Waals surface area contributed by atoms with E-state index in [-0.39, 0.29) is 18.6 Å². The Morgan fingerprint density at radius 1 is 1.24 bits per heavy atom. The Morgan fingerprint density at radius 3 is 2.76 bits per heavy atom. The molecule has 0 spiro atoms. The number of guanidine groups is 1. The Kier molecular flexibility index (Phi) is 5.98. The van der Waals surface area contributed by atoms with Crippen LogP contribution >= 0.6 is 0 Å². The molecule has 1 atom stereocenters. The summed E-state index contributed by atoms with van der Waals surface area (Å²) < 4.78 is 11.6. The molecule has 136 valence electrons. The summed E-state index contributed by atoms with van der Waals surface area (Å²) >= 11 is 0. The van der Waals surface area contributed by atoms with Gasteiger partial charge in [-0.25, -0.2) is 4.99 Å². The molecule has 2 aliphatic rings. The lowest BCUT2D eigenvalue weighted by molar-refractivity contribution is -0.128. The van der Waals surface area contributed by atoms with Gasteiger partial charge in [0.2, 0.25) is 5.91 Å². The number of nitrogens with zero attached hydrogens (tertiary/aromatic N) is 2. The van der Waals surface area contributed by atoms with E-state index in [0.717, 1.165) is 44.0 Å². The minimum Gasteiger partial charge on any atom is -0.486 e. The van der Waals surface area contributed by atoms with Crippen LogP contribution < -0.4 is 20.1 Å². The lowest BCUT2D eigenvalue weighted by Gasteiger charge is -2.27. The maximum absolute atomic E-state index is 12.1. The summed E-state index contributed by atoms with van der Waals surface area (Å²) in [6, 6.07) is 7.64. The van der Waals surface area contributed by atoms with Gasteiger partial charge >= 0.3 is 0 Å². The molecule has 1 saturated heterocycles. The molecule has 1 aromatic carbocycles. The fourth-order valence-corrected chi connectivity index (χ4v) is 2.93. The summed E-state index contributed by atoms with van der Waals surface area (Å²) in [5.41, 5.74) is 0. The first-order valence-corrected chi connectivity index (χ1v) is 8.94. The molecule has 1 aromatic rings. The molecule has 7 nitrogen and oxygen atoms in total. The summed E-state index contributed by atoms with van der Waals surface area (Å²) in [6.45, 7) is 5.63. The van der Waals surface area contributed by atoms with Gasteiger partial charge in [-0.2, -0.15) is 0 Å². The van der Waals surface area contributed by atoms with E-state index in [9.17, 15) is 4.79 Å².